The molecular formula is C82H155NO5. The summed E-state index contributed by atoms with van der Waals surface area (Å²) in [5.74, 6) is -0.0139. The van der Waals surface area contributed by atoms with Crippen LogP contribution in [0.1, 0.15) is 438 Å². The van der Waals surface area contributed by atoms with Crippen molar-refractivity contribution < 1.29 is 24.5 Å². The van der Waals surface area contributed by atoms with Crippen molar-refractivity contribution in [3.63, 3.8) is 0 Å². The number of aliphatic hydroxyl groups is 2. The highest BCUT2D eigenvalue weighted by Crippen LogP contribution is 2.19. The molecule has 0 saturated carbocycles. The molecule has 0 bridgehead atoms. The third-order valence-corrected chi connectivity index (χ3v) is 18.6. The van der Waals surface area contributed by atoms with E-state index in [2.05, 4.69) is 67.8 Å². The quantitative estimate of drug-likeness (QED) is 0.0320. The lowest BCUT2D eigenvalue weighted by Gasteiger charge is -2.22. The Kier molecular flexibility index (Phi) is 75.4. The van der Waals surface area contributed by atoms with E-state index in [0.717, 1.165) is 57.8 Å². The van der Waals surface area contributed by atoms with Gasteiger partial charge in [0.2, 0.25) is 5.91 Å². The van der Waals surface area contributed by atoms with Crippen molar-refractivity contribution in [2.75, 3.05) is 13.2 Å². The minimum absolute atomic E-state index is 0.0154. The summed E-state index contributed by atoms with van der Waals surface area (Å²) in [6.07, 6.45) is 102. The van der Waals surface area contributed by atoms with Gasteiger partial charge in [-0.1, -0.05) is 383 Å². The summed E-state index contributed by atoms with van der Waals surface area (Å²) in [4.78, 5) is 24.6. The molecule has 0 fully saturated rings. The third-order valence-electron chi connectivity index (χ3n) is 18.6. The summed E-state index contributed by atoms with van der Waals surface area (Å²) >= 11 is 0. The molecule has 0 aliphatic heterocycles. The van der Waals surface area contributed by atoms with Crippen LogP contribution >= 0.6 is 0 Å². The van der Waals surface area contributed by atoms with Crippen molar-refractivity contribution in [3.8, 4) is 0 Å². The van der Waals surface area contributed by atoms with Crippen molar-refractivity contribution in [2.45, 2.75) is 450 Å². The second-order valence-corrected chi connectivity index (χ2v) is 27.4. The maximum absolute atomic E-state index is 12.5. The Bertz CT molecular complexity index is 1470. The monoisotopic (exact) mass is 1230 g/mol. The van der Waals surface area contributed by atoms with Gasteiger partial charge in [0.15, 0.2) is 0 Å². The fourth-order valence-corrected chi connectivity index (χ4v) is 12.5. The highest BCUT2D eigenvalue weighted by atomic mass is 16.5. The van der Waals surface area contributed by atoms with Crippen LogP contribution in [0.2, 0.25) is 0 Å². The number of carbonyl (C=O) groups is 2. The molecule has 0 aliphatic carbocycles. The molecule has 0 heterocycles. The first kappa shape index (κ1) is 85.8. The Morgan fingerprint density at radius 2 is 0.568 bits per heavy atom. The van der Waals surface area contributed by atoms with Gasteiger partial charge >= 0.3 is 5.97 Å². The zero-order valence-electron chi connectivity index (χ0n) is 59.5. The van der Waals surface area contributed by atoms with Crippen molar-refractivity contribution in [1.82, 2.24) is 5.32 Å². The zero-order chi connectivity index (χ0) is 63.5. The molecular weight excluding hydrogens is 1080 g/mol. The van der Waals surface area contributed by atoms with E-state index < -0.39 is 12.1 Å². The van der Waals surface area contributed by atoms with Gasteiger partial charge in [-0.3, -0.25) is 9.59 Å². The molecule has 6 heteroatoms. The van der Waals surface area contributed by atoms with Crippen molar-refractivity contribution in [3.05, 3.63) is 48.6 Å². The average molecular weight is 1240 g/mol. The van der Waals surface area contributed by atoms with Crippen LogP contribution in [0.3, 0.4) is 0 Å². The summed E-state index contributed by atoms with van der Waals surface area (Å²) in [5.41, 5.74) is 0. The number of rotatable bonds is 75. The van der Waals surface area contributed by atoms with E-state index in [4.69, 9.17) is 4.74 Å². The van der Waals surface area contributed by atoms with E-state index in [9.17, 15) is 19.8 Å². The van der Waals surface area contributed by atoms with Gasteiger partial charge in [0.05, 0.1) is 25.4 Å². The van der Waals surface area contributed by atoms with Gasteiger partial charge in [-0.25, -0.2) is 0 Å². The van der Waals surface area contributed by atoms with Crippen molar-refractivity contribution in [2.24, 2.45) is 0 Å². The normalized spacial score (nSPS) is 12.7. The van der Waals surface area contributed by atoms with Crippen LogP contribution in [0.25, 0.3) is 0 Å². The number of hydrogen-bond acceptors (Lipinski definition) is 5. The summed E-state index contributed by atoms with van der Waals surface area (Å²) in [5, 5.41) is 23.4. The molecule has 0 saturated heterocycles. The molecule has 2 unspecified atom stereocenters. The fourth-order valence-electron chi connectivity index (χ4n) is 12.5. The molecule has 0 aromatic heterocycles. The lowest BCUT2D eigenvalue weighted by Crippen LogP contribution is -2.45. The first-order chi connectivity index (χ1) is 43.5. The van der Waals surface area contributed by atoms with Gasteiger partial charge in [-0.2, -0.15) is 0 Å². The molecule has 6 nitrogen and oxygen atoms in total. The Balaban J connectivity index is 3.35. The molecule has 0 aromatic rings. The number of aliphatic hydroxyl groups excluding tert-OH is 2. The topological polar surface area (TPSA) is 95.9 Å². The van der Waals surface area contributed by atoms with Crippen LogP contribution in [0, 0.1) is 0 Å². The standard InChI is InChI=1S/C82H155NO5/c1-3-5-7-9-11-13-15-17-19-20-40-44-48-52-56-60-64-68-72-76-82(87)88-77-73-69-65-61-57-53-49-45-42-39-37-35-33-31-29-27-25-23-21-22-24-26-28-30-32-34-36-38-41-43-47-51-55-59-63-67-71-75-81(86)83-79(78-84)80(85)74-70-66-62-58-54-50-46-18-16-14-12-10-8-6-4-2/h11,13,17,19,21,23,27,29,79-80,84-85H,3-10,12,14-16,18,20,22,24-26,28,30-78H2,1-2H3,(H,83,86)/b13-11-,19-17-,23-21-,29-27-. The molecule has 0 rings (SSSR count). The number of esters is 1. The first-order valence-corrected chi connectivity index (χ1v) is 39.9. The maximum Gasteiger partial charge on any atom is 0.305 e. The molecule has 518 valence electrons. The Morgan fingerprint density at radius 1 is 0.318 bits per heavy atom. The molecule has 0 aliphatic rings. The van der Waals surface area contributed by atoms with Crippen LogP contribution in [0.15, 0.2) is 48.6 Å². The SMILES string of the molecule is CCCCC/C=C\C/C=C\CCCCCCCCCCCC(=O)OCCCCCCCCCCCCCCC/C=C\C/C=C\CCCCCCCCCCCCCCCCCCCC(=O)NC(CO)C(O)CCCCCCCCCCCCCCCCC. The van der Waals surface area contributed by atoms with Crippen LogP contribution in [-0.4, -0.2) is 47.4 Å². The van der Waals surface area contributed by atoms with Crippen LogP contribution < -0.4 is 5.32 Å². The second-order valence-electron chi connectivity index (χ2n) is 27.4. The third kappa shape index (κ3) is 72.9. The van der Waals surface area contributed by atoms with Gasteiger partial charge in [0.25, 0.3) is 0 Å². The number of nitrogens with one attached hydrogen (secondary N) is 1. The summed E-state index contributed by atoms with van der Waals surface area (Å²) in [6.45, 7) is 4.96. The Labute approximate surface area is 550 Å². The average Bonchev–Trinajstić information content (AvgIpc) is 3.59. The summed E-state index contributed by atoms with van der Waals surface area (Å²) < 4.78 is 5.51. The highest BCUT2D eigenvalue weighted by molar-refractivity contribution is 5.76. The minimum atomic E-state index is -0.663. The first-order valence-electron chi connectivity index (χ1n) is 39.9. The Morgan fingerprint density at radius 3 is 0.886 bits per heavy atom. The fraction of sp³-hybridized carbons (Fsp3) is 0.878. The van der Waals surface area contributed by atoms with Gasteiger partial charge in [-0.15, -0.1) is 0 Å². The molecule has 3 N–H and O–H groups in total. The molecule has 0 spiro atoms. The zero-order valence-corrected chi connectivity index (χ0v) is 59.5. The predicted octanol–water partition coefficient (Wildman–Crippen LogP) is 26.4. The van der Waals surface area contributed by atoms with E-state index in [1.165, 1.54) is 347 Å². The number of ether oxygens (including phenoxy) is 1. The molecule has 2 atom stereocenters. The number of amides is 1. The van der Waals surface area contributed by atoms with E-state index in [-0.39, 0.29) is 18.5 Å². The minimum Gasteiger partial charge on any atom is -0.466 e. The molecule has 88 heavy (non-hydrogen) atoms. The van der Waals surface area contributed by atoms with Gasteiger partial charge in [0.1, 0.15) is 0 Å². The van der Waals surface area contributed by atoms with E-state index >= 15 is 0 Å². The van der Waals surface area contributed by atoms with Crippen LogP contribution in [0.4, 0.5) is 0 Å². The largest absolute Gasteiger partial charge is 0.466 e. The van der Waals surface area contributed by atoms with E-state index in [1.807, 2.05) is 0 Å². The maximum atomic E-state index is 12.5. The summed E-state index contributed by atoms with van der Waals surface area (Å²) in [6, 6.07) is -0.540. The lowest BCUT2D eigenvalue weighted by atomic mass is 10.0. The predicted molar refractivity (Wildman–Crippen MR) is 389 cm³/mol. The van der Waals surface area contributed by atoms with E-state index in [0.29, 0.717) is 25.9 Å². The van der Waals surface area contributed by atoms with Crippen molar-refractivity contribution >= 4 is 11.9 Å². The second kappa shape index (κ2) is 77.3. The lowest BCUT2D eigenvalue weighted by molar-refractivity contribution is -0.143. The number of allylic oxidation sites excluding steroid dienone is 8. The van der Waals surface area contributed by atoms with Crippen molar-refractivity contribution in [1.29, 1.82) is 0 Å². The van der Waals surface area contributed by atoms with Gasteiger partial charge < -0.3 is 20.3 Å². The molecule has 0 radical (unpaired) electrons. The Hall–Kier alpha value is -2.18. The van der Waals surface area contributed by atoms with Crippen LogP contribution in [-0.2, 0) is 14.3 Å². The molecule has 0 aromatic carbocycles. The number of carbonyl (C=O) groups excluding carboxylic acids is 2. The van der Waals surface area contributed by atoms with Gasteiger partial charge in [0, 0.05) is 12.8 Å². The number of hydrogen-bond donors (Lipinski definition) is 3. The van der Waals surface area contributed by atoms with Gasteiger partial charge in [-0.05, 0) is 89.9 Å². The summed E-state index contributed by atoms with van der Waals surface area (Å²) in [7, 11) is 0. The van der Waals surface area contributed by atoms with Crippen LogP contribution in [0.5, 0.6) is 0 Å². The van der Waals surface area contributed by atoms with E-state index in [1.54, 1.807) is 0 Å². The smallest absolute Gasteiger partial charge is 0.305 e. The highest BCUT2D eigenvalue weighted by Gasteiger charge is 2.20. The molecule has 1 amide bonds. The number of unbranched alkanes of at least 4 members (excludes halogenated alkanes) is 56.